The number of aromatic nitrogens is 1. The van der Waals surface area contributed by atoms with Gasteiger partial charge in [0.15, 0.2) is 12.0 Å². The van der Waals surface area contributed by atoms with E-state index in [1.165, 1.54) is 28.0 Å². The maximum Gasteiger partial charge on any atom is 0.408 e. The molecular formula is C32H45N9O7S2. The van der Waals surface area contributed by atoms with Crippen molar-refractivity contribution in [3.8, 4) is 0 Å². The molecule has 1 aromatic heterocycles. The Hall–Kier alpha value is -4.45. The van der Waals surface area contributed by atoms with Crippen LogP contribution in [0.15, 0.2) is 28.2 Å². The number of alkyl carbamates (subject to hydrolysis) is 1. The quantitative estimate of drug-likeness (QED) is 0.0991. The summed E-state index contributed by atoms with van der Waals surface area (Å²) < 4.78 is 6.11. The van der Waals surface area contributed by atoms with Crippen LogP contribution in [0.5, 0.6) is 0 Å². The van der Waals surface area contributed by atoms with Crippen molar-refractivity contribution in [3.63, 3.8) is 0 Å². The predicted octanol–water partition coefficient (Wildman–Crippen LogP) is 2.26. The van der Waals surface area contributed by atoms with E-state index in [1.807, 2.05) is 0 Å². The number of thioether (sulfide) groups is 1. The molecule has 1 saturated heterocycles. The predicted molar refractivity (Wildman–Crippen MR) is 193 cm³/mol. The van der Waals surface area contributed by atoms with Crippen LogP contribution in [0.4, 0.5) is 10.5 Å². The van der Waals surface area contributed by atoms with Gasteiger partial charge < -0.3 is 42.2 Å². The molecule has 2 aliphatic rings. The van der Waals surface area contributed by atoms with E-state index in [0.29, 0.717) is 52.8 Å². The molecule has 3 unspecified atom stereocenters. The number of benzene rings is 1. The minimum Gasteiger partial charge on any atom is -0.480 e. The number of guanidine groups is 1. The zero-order chi connectivity index (χ0) is 36.7. The number of carboxylic acid groups (broad SMARTS) is 1. The smallest absolute Gasteiger partial charge is 0.408 e. The molecule has 272 valence electrons. The van der Waals surface area contributed by atoms with Crippen molar-refractivity contribution in [2.75, 3.05) is 24.2 Å². The van der Waals surface area contributed by atoms with Crippen LogP contribution in [0.25, 0.3) is 10.2 Å². The normalized spacial score (nSPS) is 18.7. The first-order valence-corrected chi connectivity index (χ1v) is 18.1. The zero-order valence-electron chi connectivity index (χ0n) is 28.7. The average molecular weight is 732 g/mol. The summed E-state index contributed by atoms with van der Waals surface area (Å²) in [4.78, 5) is 79.2. The molecule has 1 aromatic carbocycles. The Morgan fingerprint density at radius 3 is 2.54 bits per heavy atom. The van der Waals surface area contributed by atoms with Gasteiger partial charge in [-0.25, -0.2) is 14.6 Å². The molecule has 0 aliphatic carbocycles. The van der Waals surface area contributed by atoms with E-state index in [-0.39, 0.29) is 24.8 Å². The van der Waals surface area contributed by atoms with E-state index < -0.39 is 59.6 Å². The lowest BCUT2D eigenvalue weighted by molar-refractivity contribution is -0.141. The van der Waals surface area contributed by atoms with Crippen molar-refractivity contribution in [2.24, 2.45) is 27.4 Å². The standard InChI is InChI=1S/C32H45N9O7S2/c1-16(2)23(40-31(47)48-32(3,4)5)28(44)41-13-7-9-21(41)25(43)37-19(8-6-12-35-30(33)34)24(42)36-17-10-11-18-22(14-17)50-27(38-18)26-39-20(15-49-26)29(45)46/h10-11,14,16,19-21,23H,6-9,12-13,15H2,1-5H3,(H,36,42)(H,37,43)(H,40,47)(H,45,46)(H4,33,34,35)/t19?,20-,21?,23?/m1/s1. The van der Waals surface area contributed by atoms with Crippen LogP contribution in [0.1, 0.15) is 65.3 Å². The topological polar surface area (TPSA) is 244 Å². The van der Waals surface area contributed by atoms with E-state index in [4.69, 9.17) is 16.2 Å². The second-order valence-electron chi connectivity index (χ2n) is 13.4. The fraction of sp³-hybridized carbons (Fsp3) is 0.562. The minimum absolute atomic E-state index is 0.0903. The van der Waals surface area contributed by atoms with E-state index in [1.54, 1.807) is 52.8 Å². The molecule has 0 radical (unpaired) electrons. The van der Waals surface area contributed by atoms with Crippen LogP contribution in [0, 0.1) is 5.92 Å². The second-order valence-corrected chi connectivity index (χ2v) is 15.4. The van der Waals surface area contributed by atoms with Crippen LogP contribution >= 0.6 is 23.1 Å². The Morgan fingerprint density at radius 1 is 1.16 bits per heavy atom. The number of hydrogen-bond acceptors (Lipinski definition) is 11. The van der Waals surface area contributed by atoms with Gasteiger partial charge in [0, 0.05) is 24.5 Å². The molecule has 4 amide bonds. The van der Waals surface area contributed by atoms with Crippen LogP contribution in [0.3, 0.4) is 0 Å². The number of likely N-dealkylation sites (tertiary alicyclic amines) is 1. The molecule has 4 atom stereocenters. The number of nitrogens with one attached hydrogen (secondary N) is 3. The molecule has 0 spiro atoms. The molecule has 3 heterocycles. The van der Waals surface area contributed by atoms with Gasteiger partial charge in [0.25, 0.3) is 0 Å². The van der Waals surface area contributed by atoms with Gasteiger partial charge in [0.2, 0.25) is 17.7 Å². The molecule has 2 aromatic rings. The van der Waals surface area contributed by atoms with Crippen molar-refractivity contribution < 1.29 is 33.8 Å². The Bertz CT molecular complexity index is 1670. The molecule has 18 heteroatoms. The van der Waals surface area contributed by atoms with Crippen molar-refractivity contribution in [2.45, 2.75) is 90.1 Å². The molecule has 1 fully saturated rings. The fourth-order valence-electron chi connectivity index (χ4n) is 5.41. The Balaban J connectivity index is 1.48. The SMILES string of the molecule is CC(C)C(NC(=O)OC(C)(C)C)C(=O)N1CCCC1C(=O)NC(CCCN=C(N)N)C(=O)Nc1ccc2nc(C3=N[C@@H](C(=O)O)CS3)sc2c1. The van der Waals surface area contributed by atoms with Gasteiger partial charge in [-0.3, -0.25) is 24.4 Å². The maximum atomic E-state index is 13.7. The summed E-state index contributed by atoms with van der Waals surface area (Å²) in [6, 6.07) is 1.62. The molecular weight excluding hydrogens is 687 g/mol. The summed E-state index contributed by atoms with van der Waals surface area (Å²) in [5.41, 5.74) is 11.3. The van der Waals surface area contributed by atoms with Crippen LogP contribution in [0.2, 0.25) is 0 Å². The number of ether oxygens (including phenoxy) is 1. The second kappa shape index (κ2) is 16.5. The highest BCUT2D eigenvalue weighted by Crippen LogP contribution is 2.31. The van der Waals surface area contributed by atoms with Crippen molar-refractivity contribution >= 4 is 79.8 Å². The monoisotopic (exact) mass is 731 g/mol. The van der Waals surface area contributed by atoms with Crippen LogP contribution in [-0.2, 0) is 23.9 Å². The summed E-state index contributed by atoms with van der Waals surface area (Å²) in [7, 11) is 0. The molecule has 2 aliphatic heterocycles. The van der Waals surface area contributed by atoms with E-state index >= 15 is 0 Å². The number of aliphatic imine (C=N–C) groups is 2. The summed E-state index contributed by atoms with van der Waals surface area (Å²) in [5.74, 6) is -2.40. The largest absolute Gasteiger partial charge is 0.480 e. The number of nitrogens with zero attached hydrogens (tertiary/aromatic N) is 4. The lowest BCUT2D eigenvalue weighted by Gasteiger charge is -2.31. The van der Waals surface area contributed by atoms with Gasteiger partial charge in [-0.2, -0.15) is 0 Å². The van der Waals surface area contributed by atoms with Gasteiger partial charge in [0.05, 0.1) is 10.2 Å². The Labute approximate surface area is 298 Å². The first-order chi connectivity index (χ1) is 23.5. The Kier molecular flexibility index (Phi) is 12.7. The van der Waals surface area contributed by atoms with Gasteiger partial charge in [-0.15, -0.1) is 23.1 Å². The summed E-state index contributed by atoms with van der Waals surface area (Å²) in [6.07, 6.45) is 0.818. The van der Waals surface area contributed by atoms with E-state index in [0.717, 1.165) is 4.70 Å². The number of thiazole rings is 1. The zero-order valence-corrected chi connectivity index (χ0v) is 30.4. The number of rotatable bonds is 13. The number of aliphatic carboxylic acids is 1. The number of carbonyl (C=O) groups is 5. The third-order valence-corrected chi connectivity index (χ3v) is 10.0. The van der Waals surface area contributed by atoms with Gasteiger partial charge in [0.1, 0.15) is 33.8 Å². The van der Waals surface area contributed by atoms with Crippen molar-refractivity contribution in [3.05, 3.63) is 23.2 Å². The summed E-state index contributed by atoms with van der Waals surface area (Å²) in [6.45, 7) is 9.32. The first kappa shape index (κ1) is 38.4. The summed E-state index contributed by atoms with van der Waals surface area (Å²) in [5, 5.41) is 18.8. The number of nitrogens with two attached hydrogens (primary N) is 2. The number of carboxylic acids is 1. The number of amides is 4. The number of fused-ring (bicyclic) bond motifs is 1. The average Bonchev–Trinajstić information content (AvgIpc) is 3.79. The van der Waals surface area contributed by atoms with Crippen molar-refractivity contribution in [1.29, 1.82) is 0 Å². The number of carbonyl (C=O) groups excluding carboxylic acids is 4. The molecule has 4 rings (SSSR count). The first-order valence-electron chi connectivity index (χ1n) is 16.3. The van der Waals surface area contributed by atoms with E-state index in [9.17, 15) is 29.1 Å². The van der Waals surface area contributed by atoms with E-state index in [2.05, 4.69) is 30.9 Å². The van der Waals surface area contributed by atoms with Gasteiger partial charge in [-0.05, 0) is 70.6 Å². The van der Waals surface area contributed by atoms with Crippen LogP contribution < -0.4 is 27.4 Å². The third kappa shape index (κ3) is 10.3. The molecule has 16 nitrogen and oxygen atoms in total. The maximum absolute atomic E-state index is 13.7. The lowest BCUT2D eigenvalue weighted by Crippen LogP contribution is -2.57. The molecule has 0 bridgehead atoms. The minimum atomic E-state index is -0.986. The molecule has 50 heavy (non-hydrogen) atoms. The van der Waals surface area contributed by atoms with Crippen molar-refractivity contribution in [1.82, 2.24) is 20.5 Å². The lowest BCUT2D eigenvalue weighted by atomic mass is 10.0. The Morgan fingerprint density at radius 2 is 1.90 bits per heavy atom. The highest BCUT2D eigenvalue weighted by Gasteiger charge is 2.40. The third-order valence-electron chi connectivity index (χ3n) is 7.80. The summed E-state index contributed by atoms with van der Waals surface area (Å²) >= 11 is 2.67. The van der Waals surface area contributed by atoms with Gasteiger partial charge >= 0.3 is 12.1 Å². The highest BCUT2D eigenvalue weighted by atomic mass is 32.2. The highest BCUT2D eigenvalue weighted by molar-refractivity contribution is 8.15. The molecule has 8 N–H and O–H groups in total. The number of anilines is 1. The molecule has 0 saturated carbocycles. The fourth-order valence-corrected chi connectivity index (χ4v) is 7.51. The van der Waals surface area contributed by atoms with Gasteiger partial charge in [-0.1, -0.05) is 13.8 Å². The van der Waals surface area contributed by atoms with Crippen LogP contribution in [-0.4, -0.2) is 104 Å². The number of hydrogen-bond donors (Lipinski definition) is 6.